The first kappa shape index (κ1) is 67.0. The summed E-state index contributed by atoms with van der Waals surface area (Å²) in [6, 6.07) is 10.5. The SMILES string of the molecule is CCC/C=C\c1ccccc1/C=C/C(=O)N[C@@H]1C(=O)N(C)/C(=C/c2ccc(OC(C)=O)cc2)C(=O)N[C@@H](CC(C)C)C(=O)N[C@H](Cc2ccccc2)C(=O)N[C@@H]([C@H](C)OC(C)=O)C(=O)N[C@@H](CC(N)=O)C(=O)N[C@@H](COC(C)=O)C(=O)O[C@@H]1C. The van der Waals surface area contributed by atoms with Crippen LogP contribution in [0.3, 0.4) is 0 Å². The number of esters is 4. The van der Waals surface area contributed by atoms with E-state index >= 15 is 9.59 Å². The van der Waals surface area contributed by atoms with Crippen LogP contribution in [0.1, 0.15) is 103 Å². The molecule has 4 rings (SSSR count). The fourth-order valence-corrected chi connectivity index (χ4v) is 8.43. The van der Waals surface area contributed by atoms with Gasteiger partial charge in [0.1, 0.15) is 60.5 Å². The lowest BCUT2D eigenvalue weighted by Crippen LogP contribution is -2.62. The minimum absolute atomic E-state index is 0.0683. The van der Waals surface area contributed by atoms with Gasteiger partial charge >= 0.3 is 23.9 Å². The molecule has 1 fully saturated rings. The molecule has 0 aliphatic carbocycles. The molecule has 24 nitrogen and oxygen atoms in total. The van der Waals surface area contributed by atoms with Crippen molar-refractivity contribution < 1.29 is 76.5 Å². The minimum atomic E-state index is -1.97. The Morgan fingerprint density at radius 2 is 1.31 bits per heavy atom. The first-order valence-electron chi connectivity index (χ1n) is 27.1. The number of ether oxygens (including phenoxy) is 4. The molecule has 0 spiro atoms. The molecule has 84 heavy (non-hydrogen) atoms. The summed E-state index contributed by atoms with van der Waals surface area (Å²) in [7, 11) is 1.17. The molecule has 3 aromatic carbocycles. The highest BCUT2D eigenvalue weighted by Crippen LogP contribution is 2.20. The molecule has 1 heterocycles. The minimum Gasteiger partial charge on any atom is -0.463 e. The lowest BCUT2D eigenvalue weighted by Gasteiger charge is -2.31. The van der Waals surface area contributed by atoms with Crippen LogP contribution in [0.15, 0.2) is 96.7 Å². The third-order valence-electron chi connectivity index (χ3n) is 12.6. The number of carbonyl (C=O) groups excluding carboxylic acids is 12. The zero-order valence-electron chi connectivity index (χ0n) is 48.4. The Morgan fingerprint density at radius 3 is 1.90 bits per heavy atom. The molecule has 1 saturated heterocycles. The molecule has 0 aromatic heterocycles. The van der Waals surface area contributed by atoms with Crippen molar-refractivity contribution in [3.8, 4) is 5.75 Å². The highest BCUT2D eigenvalue weighted by atomic mass is 16.6. The molecule has 8 amide bonds. The number of carbonyl (C=O) groups is 12. The Bertz CT molecular complexity index is 2980. The lowest BCUT2D eigenvalue weighted by molar-refractivity contribution is -0.160. The maximum atomic E-state index is 15.2. The van der Waals surface area contributed by atoms with E-state index in [9.17, 15) is 47.9 Å². The Balaban J connectivity index is 2.00. The summed E-state index contributed by atoms with van der Waals surface area (Å²) < 4.78 is 21.4. The number of allylic oxidation sites excluding steroid dienone is 1. The second kappa shape index (κ2) is 32.8. The van der Waals surface area contributed by atoms with Gasteiger partial charge in [-0.1, -0.05) is 106 Å². The van der Waals surface area contributed by atoms with Crippen LogP contribution >= 0.6 is 0 Å². The van der Waals surface area contributed by atoms with Gasteiger partial charge in [-0.05, 0) is 79.1 Å². The number of cyclic esters (lactones) is 1. The molecule has 1 aliphatic rings. The summed E-state index contributed by atoms with van der Waals surface area (Å²) >= 11 is 0. The summed E-state index contributed by atoms with van der Waals surface area (Å²) in [5.74, 6) is -12.7. The van der Waals surface area contributed by atoms with E-state index < -0.39 is 138 Å². The van der Waals surface area contributed by atoms with Crippen LogP contribution in [0.4, 0.5) is 0 Å². The first-order valence-corrected chi connectivity index (χ1v) is 27.1. The molecule has 0 unspecified atom stereocenters. The first-order chi connectivity index (χ1) is 39.8. The van der Waals surface area contributed by atoms with Gasteiger partial charge in [0.2, 0.25) is 35.4 Å². The Morgan fingerprint density at radius 1 is 0.714 bits per heavy atom. The second-order valence-corrected chi connectivity index (χ2v) is 20.2. The number of likely N-dealkylation sites (N-methyl/N-ethyl adjacent to an activating group) is 1. The zero-order chi connectivity index (χ0) is 62.2. The number of hydrogen-bond donors (Lipinski definition) is 7. The van der Waals surface area contributed by atoms with Crippen molar-refractivity contribution in [1.82, 2.24) is 36.8 Å². The quantitative estimate of drug-likeness (QED) is 0.0416. The van der Waals surface area contributed by atoms with Gasteiger partial charge < -0.3 is 61.5 Å². The molecule has 24 heteroatoms. The van der Waals surface area contributed by atoms with Gasteiger partial charge in [0.25, 0.3) is 11.8 Å². The maximum Gasteiger partial charge on any atom is 0.332 e. The van der Waals surface area contributed by atoms with Gasteiger partial charge in [0.15, 0.2) is 6.04 Å². The number of primary amides is 1. The van der Waals surface area contributed by atoms with Gasteiger partial charge in [0.05, 0.1) is 6.42 Å². The topological polar surface area (TPSA) is 343 Å². The van der Waals surface area contributed by atoms with E-state index in [-0.39, 0.29) is 30.1 Å². The van der Waals surface area contributed by atoms with Crippen LogP contribution in [0, 0.1) is 5.92 Å². The molecular weight excluding hydrogens is 1090 g/mol. The van der Waals surface area contributed by atoms with Crippen molar-refractivity contribution in [1.29, 1.82) is 0 Å². The maximum absolute atomic E-state index is 15.2. The van der Waals surface area contributed by atoms with Gasteiger partial charge in [0, 0.05) is 40.3 Å². The molecule has 1 aliphatic heterocycles. The molecular formula is C60H74N8O16. The van der Waals surface area contributed by atoms with E-state index in [2.05, 4.69) is 31.9 Å². The lowest BCUT2D eigenvalue weighted by atomic mass is 10.00. The zero-order valence-corrected chi connectivity index (χ0v) is 48.4. The molecule has 450 valence electrons. The van der Waals surface area contributed by atoms with E-state index in [1.165, 1.54) is 64.2 Å². The van der Waals surface area contributed by atoms with Crippen LogP contribution in [-0.4, -0.2) is 138 Å². The largest absolute Gasteiger partial charge is 0.463 e. The highest BCUT2D eigenvalue weighted by Gasteiger charge is 2.40. The summed E-state index contributed by atoms with van der Waals surface area (Å²) in [6.45, 7) is 10.2. The van der Waals surface area contributed by atoms with Gasteiger partial charge in [-0.2, -0.15) is 0 Å². The predicted octanol–water partition coefficient (Wildman–Crippen LogP) is 2.47. The van der Waals surface area contributed by atoms with Gasteiger partial charge in [-0.25, -0.2) is 4.79 Å². The monoisotopic (exact) mass is 1160 g/mol. The van der Waals surface area contributed by atoms with Crippen molar-refractivity contribution in [2.75, 3.05) is 13.7 Å². The van der Waals surface area contributed by atoms with Crippen molar-refractivity contribution in [3.05, 3.63) is 119 Å². The second-order valence-electron chi connectivity index (χ2n) is 20.2. The van der Waals surface area contributed by atoms with Crippen molar-refractivity contribution in [2.45, 2.75) is 136 Å². The number of benzene rings is 3. The summed E-state index contributed by atoms with van der Waals surface area (Å²) in [5, 5.41) is 15.0. The van der Waals surface area contributed by atoms with Crippen molar-refractivity contribution in [3.63, 3.8) is 0 Å². The van der Waals surface area contributed by atoms with E-state index in [0.717, 1.165) is 43.2 Å². The van der Waals surface area contributed by atoms with E-state index in [1.807, 2.05) is 31.2 Å². The molecule has 0 radical (unpaired) electrons. The van der Waals surface area contributed by atoms with E-state index in [0.29, 0.717) is 11.1 Å². The molecule has 8 atom stereocenters. The number of rotatable bonds is 18. The van der Waals surface area contributed by atoms with Gasteiger partial charge in [-0.15, -0.1) is 0 Å². The Hall–Kier alpha value is -9.48. The standard InChI is InChI=1S/C60H74N8O16/c1-10-11-13-20-42-21-16-17-22-43(42)25-28-51(73)66-53-36(5)83-60(80)48(33-81-37(6)69)65-55(75)47(32-50(61)72)64-58(78)52(35(4)82-38(7)70)67-56(76)46(30-40-18-14-12-15-19-40)62-54(74)45(29-34(2)3)63-57(77)49(68(9)59(53)79)31-41-23-26-44(27-24-41)84-39(8)71/h12-28,31,34-36,45-48,52-53H,10-11,29-30,32-33H2,1-9H3,(H2,61,72)(H,62,74)(H,63,77)(H,64,78)(H,65,75)(H,66,73)(H,67,76)/b20-13-,28-25+,49-31+/t35-,36+,45-,46+,47-,48-,52-,53-/m0/s1. The summed E-state index contributed by atoms with van der Waals surface area (Å²) in [5.41, 5.74) is 7.21. The van der Waals surface area contributed by atoms with E-state index in [4.69, 9.17) is 24.7 Å². The fraction of sp³-hybridized carbons (Fsp3) is 0.400. The number of amides is 8. The van der Waals surface area contributed by atoms with Crippen LogP contribution in [0.25, 0.3) is 18.2 Å². The highest BCUT2D eigenvalue weighted by molar-refractivity contribution is 6.05. The average Bonchev–Trinajstić information content (AvgIpc) is 3.59. The number of nitrogens with one attached hydrogen (secondary N) is 6. The summed E-state index contributed by atoms with van der Waals surface area (Å²) in [6.07, 6.45) is 4.94. The van der Waals surface area contributed by atoms with Gasteiger partial charge in [-0.3, -0.25) is 52.7 Å². The predicted molar refractivity (Wildman–Crippen MR) is 306 cm³/mol. The number of nitrogens with zero attached hydrogens (tertiary/aromatic N) is 1. The molecule has 0 bridgehead atoms. The van der Waals surface area contributed by atoms with Crippen LogP contribution < -0.4 is 42.4 Å². The number of unbranched alkanes of at least 4 members (excludes halogenated alkanes) is 1. The average molecular weight is 1160 g/mol. The van der Waals surface area contributed by atoms with E-state index in [1.54, 1.807) is 56.3 Å². The Labute approximate surface area is 487 Å². The molecule has 0 saturated carbocycles. The van der Waals surface area contributed by atoms with Crippen LogP contribution in [0.2, 0.25) is 0 Å². The van der Waals surface area contributed by atoms with Crippen LogP contribution in [0.5, 0.6) is 5.75 Å². The molecule has 8 N–H and O–H groups in total. The number of nitrogens with two attached hydrogens (primary N) is 1. The third-order valence-corrected chi connectivity index (χ3v) is 12.6. The van der Waals surface area contributed by atoms with Crippen LogP contribution in [-0.2, 0) is 78.2 Å². The molecule has 3 aromatic rings. The smallest absolute Gasteiger partial charge is 0.332 e. The normalized spacial score (nSPS) is 21.6. The number of hydrogen-bond acceptors (Lipinski definition) is 16. The third kappa shape index (κ3) is 21.8. The fourth-order valence-electron chi connectivity index (χ4n) is 8.43. The van der Waals surface area contributed by atoms with Crippen molar-refractivity contribution >= 4 is 89.4 Å². The summed E-state index contributed by atoms with van der Waals surface area (Å²) in [4.78, 5) is 166. The van der Waals surface area contributed by atoms with Crippen molar-refractivity contribution in [2.24, 2.45) is 11.7 Å². The Kier molecular flexibility index (Phi) is 26.2.